The molecule has 2 atom stereocenters. The van der Waals surface area contributed by atoms with Gasteiger partial charge in [-0.2, -0.15) is 8.78 Å². The molecule has 1 fully saturated rings. The summed E-state index contributed by atoms with van der Waals surface area (Å²) in [5.41, 5.74) is 1.75. The summed E-state index contributed by atoms with van der Waals surface area (Å²) in [5.74, 6) is -9.04. The van der Waals surface area contributed by atoms with Crippen LogP contribution in [0.5, 0.6) is 0 Å². The molecule has 0 unspecified atom stereocenters. The standard InChI is InChI=1S/C21H20F2O6/c1-20(2)27-12-16(29-20)17(21(22,23)19(25)26)28-18(24)15-10-8-14(9-11-15)13-6-4-3-5-7-13/h3-11,16-17H,12H2,1-2H3,(H,25,26)/t16-,17+/m1/s1. The Hall–Kier alpha value is -2.84. The first-order valence-electron chi connectivity index (χ1n) is 8.89. The molecular formula is C21H20F2O6. The molecule has 0 bridgehead atoms. The van der Waals surface area contributed by atoms with Crippen LogP contribution < -0.4 is 0 Å². The first-order valence-corrected chi connectivity index (χ1v) is 8.89. The average molecular weight is 406 g/mol. The number of aliphatic carboxylic acids is 1. The van der Waals surface area contributed by atoms with Crippen molar-refractivity contribution in [1.82, 2.24) is 0 Å². The van der Waals surface area contributed by atoms with Crippen LogP contribution >= 0.6 is 0 Å². The van der Waals surface area contributed by atoms with Crippen LogP contribution in [-0.4, -0.2) is 47.6 Å². The van der Waals surface area contributed by atoms with Gasteiger partial charge in [0.25, 0.3) is 0 Å². The van der Waals surface area contributed by atoms with E-state index in [9.17, 15) is 18.4 Å². The maximum absolute atomic E-state index is 14.3. The molecule has 3 rings (SSSR count). The monoisotopic (exact) mass is 406 g/mol. The van der Waals surface area contributed by atoms with Gasteiger partial charge in [-0.05, 0) is 37.1 Å². The van der Waals surface area contributed by atoms with Crippen LogP contribution in [0.3, 0.4) is 0 Å². The summed E-state index contributed by atoms with van der Waals surface area (Å²) in [4.78, 5) is 23.5. The number of rotatable bonds is 6. The molecule has 1 heterocycles. The van der Waals surface area contributed by atoms with Gasteiger partial charge in [-0.25, -0.2) is 9.59 Å². The topological polar surface area (TPSA) is 82.1 Å². The van der Waals surface area contributed by atoms with Crippen molar-refractivity contribution >= 4 is 11.9 Å². The Morgan fingerprint density at radius 3 is 2.21 bits per heavy atom. The molecule has 1 aliphatic heterocycles. The molecule has 2 aromatic rings. The molecule has 0 amide bonds. The lowest BCUT2D eigenvalue weighted by Gasteiger charge is -2.28. The van der Waals surface area contributed by atoms with E-state index in [0.29, 0.717) is 0 Å². The molecule has 154 valence electrons. The summed E-state index contributed by atoms with van der Waals surface area (Å²) in [7, 11) is 0. The Balaban J connectivity index is 1.80. The maximum atomic E-state index is 14.3. The minimum atomic E-state index is -4.35. The highest BCUT2D eigenvalue weighted by atomic mass is 19.3. The molecule has 8 heteroatoms. The van der Waals surface area contributed by atoms with Gasteiger partial charge in [0.15, 0.2) is 5.79 Å². The Labute approximate surface area is 166 Å². The number of alkyl halides is 2. The third-order valence-electron chi connectivity index (χ3n) is 4.47. The number of ether oxygens (including phenoxy) is 3. The first-order chi connectivity index (χ1) is 13.6. The first kappa shape index (κ1) is 20.9. The molecule has 29 heavy (non-hydrogen) atoms. The fraction of sp³-hybridized carbons (Fsp3) is 0.333. The highest BCUT2D eigenvalue weighted by molar-refractivity contribution is 5.90. The summed E-state index contributed by atoms with van der Waals surface area (Å²) >= 11 is 0. The van der Waals surface area contributed by atoms with E-state index in [0.717, 1.165) is 11.1 Å². The number of hydrogen-bond acceptors (Lipinski definition) is 5. The van der Waals surface area contributed by atoms with Crippen LogP contribution in [0.2, 0.25) is 0 Å². The van der Waals surface area contributed by atoms with Crippen molar-refractivity contribution in [2.75, 3.05) is 6.61 Å². The van der Waals surface area contributed by atoms with Gasteiger partial charge in [0.2, 0.25) is 6.10 Å². The van der Waals surface area contributed by atoms with Gasteiger partial charge in [0, 0.05) is 0 Å². The summed E-state index contributed by atoms with van der Waals surface area (Å²) < 4.78 is 44.0. The van der Waals surface area contributed by atoms with E-state index in [4.69, 9.17) is 19.3 Å². The third-order valence-corrected chi connectivity index (χ3v) is 4.47. The third kappa shape index (κ3) is 4.60. The maximum Gasteiger partial charge on any atom is 0.381 e. The summed E-state index contributed by atoms with van der Waals surface area (Å²) in [5, 5.41) is 8.91. The largest absolute Gasteiger partial charge is 0.477 e. The SMILES string of the molecule is CC1(C)OC[C@H]([C@H](OC(=O)c2ccc(-c3ccccc3)cc2)C(F)(F)C(=O)O)O1. The van der Waals surface area contributed by atoms with Gasteiger partial charge in [-0.15, -0.1) is 0 Å². The molecule has 0 spiro atoms. The summed E-state index contributed by atoms with van der Waals surface area (Å²) in [6.45, 7) is 2.65. The lowest BCUT2D eigenvalue weighted by atomic mass is 10.0. The van der Waals surface area contributed by atoms with Gasteiger partial charge in [0.1, 0.15) is 6.10 Å². The molecule has 1 N–H and O–H groups in total. The number of halogens is 2. The van der Waals surface area contributed by atoms with E-state index in [1.165, 1.54) is 26.0 Å². The van der Waals surface area contributed by atoms with Crippen LogP contribution in [0.4, 0.5) is 8.78 Å². The Kier molecular flexibility index (Phi) is 5.68. The Bertz CT molecular complexity index is 880. The van der Waals surface area contributed by atoms with Crippen LogP contribution in [-0.2, 0) is 19.0 Å². The molecule has 0 saturated carbocycles. The van der Waals surface area contributed by atoms with Gasteiger partial charge in [-0.1, -0.05) is 42.5 Å². The van der Waals surface area contributed by atoms with Crippen LogP contribution in [0.1, 0.15) is 24.2 Å². The van der Waals surface area contributed by atoms with Crippen molar-refractivity contribution < 1.29 is 37.7 Å². The van der Waals surface area contributed by atoms with Crippen LogP contribution in [0, 0.1) is 0 Å². The molecule has 1 saturated heterocycles. The fourth-order valence-electron chi connectivity index (χ4n) is 2.98. The van der Waals surface area contributed by atoms with Crippen LogP contribution in [0.25, 0.3) is 11.1 Å². The zero-order valence-corrected chi connectivity index (χ0v) is 15.8. The van der Waals surface area contributed by atoms with E-state index < -0.39 is 35.9 Å². The molecule has 0 radical (unpaired) electrons. The molecule has 0 aliphatic carbocycles. The van der Waals surface area contributed by atoms with Crippen molar-refractivity contribution in [3.05, 3.63) is 60.2 Å². The predicted octanol–water partition coefficient (Wildman–Crippen LogP) is 3.75. The average Bonchev–Trinajstić information content (AvgIpc) is 3.05. The second-order valence-electron chi connectivity index (χ2n) is 7.06. The zero-order chi connectivity index (χ0) is 21.2. The van der Waals surface area contributed by atoms with Gasteiger partial charge < -0.3 is 19.3 Å². The van der Waals surface area contributed by atoms with Gasteiger partial charge in [0.05, 0.1) is 12.2 Å². The highest BCUT2D eigenvalue weighted by Gasteiger charge is 2.57. The van der Waals surface area contributed by atoms with E-state index in [1.54, 1.807) is 12.1 Å². The van der Waals surface area contributed by atoms with Crippen LogP contribution in [0.15, 0.2) is 54.6 Å². The second-order valence-corrected chi connectivity index (χ2v) is 7.06. The lowest BCUT2D eigenvalue weighted by Crippen LogP contribution is -2.52. The Morgan fingerprint density at radius 1 is 1.10 bits per heavy atom. The minimum Gasteiger partial charge on any atom is -0.477 e. The highest BCUT2D eigenvalue weighted by Crippen LogP contribution is 2.33. The number of esters is 1. The van der Waals surface area contributed by atoms with E-state index in [2.05, 4.69) is 0 Å². The van der Waals surface area contributed by atoms with Crippen molar-refractivity contribution in [3.8, 4) is 11.1 Å². The molecule has 1 aliphatic rings. The summed E-state index contributed by atoms with van der Waals surface area (Å²) in [6, 6.07) is 15.5. The molecule has 2 aromatic carbocycles. The number of carbonyl (C=O) groups is 2. The van der Waals surface area contributed by atoms with Crippen molar-refractivity contribution in [2.45, 2.75) is 37.8 Å². The number of carbonyl (C=O) groups excluding carboxylic acids is 1. The quantitative estimate of drug-likeness (QED) is 0.736. The van der Waals surface area contributed by atoms with Gasteiger partial charge in [-0.3, -0.25) is 0 Å². The smallest absolute Gasteiger partial charge is 0.381 e. The number of carboxylic acids is 1. The number of carboxylic acid groups (broad SMARTS) is 1. The molecular weight excluding hydrogens is 386 g/mol. The normalized spacial score (nSPS) is 19.5. The van der Waals surface area contributed by atoms with Crippen molar-refractivity contribution in [2.24, 2.45) is 0 Å². The zero-order valence-electron chi connectivity index (χ0n) is 15.8. The molecule has 0 aromatic heterocycles. The van der Waals surface area contributed by atoms with E-state index in [1.807, 2.05) is 30.3 Å². The Morgan fingerprint density at radius 2 is 1.69 bits per heavy atom. The van der Waals surface area contributed by atoms with Gasteiger partial charge >= 0.3 is 17.9 Å². The minimum absolute atomic E-state index is 0.00838. The fourth-order valence-corrected chi connectivity index (χ4v) is 2.98. The van der Waals surface area contributed by atoms with E-state index >= 15 is 0 Å². The second kappa shape index (κ2) is 7.88. The number of benzene rings is 2. The van der Waals surface area contributed by atoms with E-state index in [-0.39, 0.29) is 12.2 Å². The summed E-state index contributed by atoms with van der Waals surface area (Å²) in [6.07, 6.45) is -3.77. The van der Waals surface area contributed by atoms with Crippen molar-refractivity contribution in [3.63, 3.8) is 0 Å². The lowest BCUT2D eigenvalue weighted by molar-refractivity contribution is -0.206. The molecule has 6 nitrogen and oxygen atoms in total. The van der Waals surface area contributed by atoms with Crippen molar-refractivity contribution in [1.29, 1.82) is 0 Å². The number of hydrogen-bond donors (Lipinski definition) is 1. The predicted molar refractivity (Wildman–Crippen MR) is 98.6 cm³/mol.